The van der Waals surface area contributed by atoms with Crippen LogP contribution in [-0.2, 0) is 0 Å². The number of nitrogens with two attached hydrogens (primary N) is 1. The molecule has 58 valence electrons. The predicted molar refractivity (Wildman–Crippen MR) is 49.4 cm³/mol. The maximum absolute atomic E-state index is 5.79. The van der Waals surface area contributed by atoms with Crippen molar-refractivity contribution in [3.8, 4) is 12.3 Å². The number of rotatable bonds is 2. The molecule has 2 heteroatoms. The van der Waals surface area contributed by atoms with Gasteiger partial charge in [-0.3, -0.25) is 0 Å². The van der Waals surface area contributed by atoms with E-state index in [2.05, 4.69) is 18.9 Å². The molecule has 1 unspecified atom stereocenters. The lowest BCUT2D eigenvalue weighted by Crippen LogP contribution is -2.06. The maximum Gasteiger partial charge on any atom is 0.0500 e. The Balaban J connectivity index is 2.70. The van der Waals surface area contributed by atoms with Gasteiger partial charge in [0.1, 0.15) is 0 Å². The lowest BCUT2D eigenvalue weighted by atomic mass is 10.2. The zero-order valence-corrected chi connectivity index (χ0v) is 7.32. The monoisotopic (exact) mass is 165 g/mol. The van der Waals surface area contributed by atoms with E-state index in [9.17, 15) is 0 Å². The summed E-state index contributed by atoms with van der Waals surface area (Å²) in [5.41, 5.74) is 5.79. The molecule has 1 heterocycles. The second kappa shape index (κ2) is 3.56. The lowest BCUT2D eigenvalue weighted by Gasteiger charge is -2.02. The molecule has 1 nitrogen and oxygen atoms in total. The number of hydrogen-bond acceptors (Lipinski definition) is 2. The van der Waals surface area contributed by atoms with Crippen molar-refractivity contribution in [3.05, 3.63) is 21.9 Å². The highest BCUT2D eigenvalue weighted by Gasteiger charge is 2.05. The lowest BCUT2D eigenvalue weighted by molar-refractivity contribution is 0.771. The van der Waals surface area contributed by atoms with Crippen LogP contribution in [0.1, 0.15) is 22.2 Å². The summed E-state index contributed by atoms with van der Waals surface area (Å²) >= 11 is 1.72. The first-order valence-electron chi connectivity index (χ1n) is 3.49. The molecule has 0 spiro atoms. The second-order valence-corrected chi connectivity index (χ2v) is 3.78. The minimum atomic E-state index is 0.0266. The molecule has 0 fully saturated rings. The average Bonchev–Trinajstić information content (AvgIpc) is 2.36. The Morgan fingerprint density at radius 1 is 1.73 bits per heavy atom. The van der Waals surface area contributed by atoms with E-state index in [1.807, 2.05) is 6.07 Å². The predicted octanol–water partition coefficient (Wildman–Crippen LogP) is 2.08. The van der Waals surface area contributed by atoms with Gasteiger partial charge >= 0.3 is 0 Å². The van der Waals surface area contributed by atoms with Crippen molar-refractivity contribution in [3.63, 3.8) is 0 Å². The summed E-state index contributed by atoms with van der Waals surface area (Å²) in [6, 6.07) is 4.14. The maximum atomic E-state index is 5.79. The van der Waals surface area contributed by atoms with Gasteiger partial charge in [-0.15, -0.1) is 23.7 Å². The average molecular weight is 165 g/mol. The summed E-state index contributed by atoms with van der Waals surface area (Å²) in [5.74, 6) is 2.56. The molecule has 1 atom stereocenters. The highest BCUT2D eigenvalue weighted by molar-refractivity contribution is 7.12. The molecule has 0 amide bonds. The van der Waals surface area contributed by atoms with Crippen molar-refractivity contribution in [2.45, 2.75) is 19.4 Å². The molecular weight excluding hydrogens is 154 g/mol. The van der Waals surface area contributed by atoms with Crippen LogP contribution in [0.3, 0.4) is 0 Å². The third-order valence-electron chi connectivity index (χ3n) is 1.46. The number of thiophene rings is 1. The van der Waals surface area contributed by atoms with E-state index >= 15 is 0 Å². The van der Waals surface area contributed by atoms with E-state index in [4.69, 9.17) is 12.2 Å². The Kier molecular flexibility index (Phi) is 2.70. The van der Waals surface area contributed by atoms with Crippen molar-refractivity contribution in [1.82, 2.24) is 0 Å². The molecule has 0 aliphatic heterocycles. The summed E-state index contributed by atoms with van der Waals surface area (Å²) < 4.78 is 0. The fraction of sp³-hybridized carbons (Fsp3) is 0.333. The van der Waals surface area contributed by atoms with Crippen LogP contribution in [0.15, 0.2) is 12.1 Å². The number of terminal acetylenes is 1. The minimum absolute atomic E-state index is 0.0266. The summed E-state index contributed by atoms with van der Waals surface area (Å²) in [5, 5.41) is 0. The Labute approximate surface area is 71.2 Å². The molecule has 1 rings (SSSR count). The molecule has 2 N–H and O–H groups in total. The topological polar surface area (TPSA) is 26.0 Å². The van der Waals surface area contributed by atoms with Gasteiger partial charge in [0.15, 0.2) is 0 Å². The van der Waals surface area contributed by atoms with Gasteiger partial charge in [0.25, 0.3) is 0 Å². The minimum Gasteiger partial charge on any atom is -0.322 e. The van der Waals surface area contributed by atoms with Crippen molar-refractivity contribution < 1.29 is 0 Å². The molecule has 1 aromatic heterocycles. The Morgan fingerprint density at radius 3 is 2.91 bits per heavy atom. The van der Waals surface area contributed by atoms with Crippen molar-refractivity contribution in [2.75, 3.05) is 0 Å². The largest absolute Gasteiger partial charge is 0.322 e. The van der Waals surface area contributed by atoms with Crippen molar-refractivity contribution >= 4 is 11.3 Å². The summed E-state index contributed by atoms with van der Waals surface area (Å²) in [7, 11) is 0. The summed E-state index contributed by atoms with van der Waals surface area (Å²) in [4.78, 5) is 2.47. The molecule has 0 bridgehead atoms. The van der Waals surface area contributed by atoms with Crippen LogP contribution in [0, 0.1) is 19.3 Å². The van der Waals surface area contributed by atoms with Crippen LogP contribution >= 0.6 is 11.3 Å². The smallest absolute Gasteiger partial charge is 0.0500 e. The molecule has 1 aromatic rings. The zero-order valence-electron chi connectivity index (χ0n) is 6.50. The first-order valence-corrected chi connectivity index (χ1v) is 4.31. The third kappa shape index (κ3) is 2.07. The van der Waals surface area contributed by atoms with E-state index in [0.717, 1.165) is 0 Å². The van der Waals surface area contributed by atoms with Crippen LogP contribution in [0.5, 0.6) is 0 Å². The quantitative estimate of drug-likeness (QED) is 0.667. The van der Waals surface area contributed by atoms with Crippen LogP contribution in [-0.4, -0.2) is 0 Å². The third-order valence-corrected chi connectivity index (χ3v) is 2.60. The molecule has 0 aliphatic carbocycles. The SMILES string of the molecule is C#CCC(N)c1ccc(C)s1. The van der Waals surface area contributed by atoms with Gasteiger partial charge in [-0.05, 0) is 19.1 Å². The first kappa shape index (κ1) is 8.32. The highest BCUT2D eigenvalue weighted by Crippen LogP contribution is 2.22. The van der Waals surface area contributed by atoms with E-state index in [1.165, 1.54) is 9.75 Å². The number of hydrogen-bond donors (Lipinski definition) is 1. The van der Waals surface area contributed by atoms with Crippen molar-refractivity contribution in [1.29, 1.82) is 0 Å². The summed E-state index contributed by atoms with van der Waals surface area (Å²) in [6.07, 6.45) is 5.77. The van der Waals surface area contributed by atoms with E-state index in [-0.39, 0.29) is 6.04 Å². The van der Waals surface area contributed by atoms with Crippen LogP contribution in [0.4, 0.5) is 0 Å². The molecule has 0 saturated heterocycles. The Hall–Kier alpha value is -0.780. The van der Waals surface area contributed by atoms with E-state index in [1.54, 1.807) is 11.3 Å². The Bertz CT molecular complexity index is 269. The summed E-state index contributed by atoms with van der Waals surface area (Å²) in [6.45, 7) is 2.07. The molecule has 0 aliphatic rings. The molecule has 0 aromatic carbocycles. The molecular formula is C9H11NS. The molecule has 11 heavy (non-hydrogen) atoms. The van der Waals surface area contributed by atoms with Gasteiger partial charge in [0.2, 0.25) is 0 Å². The van der Waals surface area contributed by atoms with Gasteiger partial charge < -0.3 is 5.73 Å². The zero-order chi connectivity index (χ0) is 8.27. The van der Waals surface area contributed by atoms with Crippen LogP contribution in [0.25, 0.3) is 0 Å². The molecule has 0 saturated carbocycles. The first-order chi connectivity index (χ1) is 5.24. The van der Waals surface area contributed by atoms with Gasteiger partial charge in [-0.1, -0.05) is 0 Å². The highest BCUT2D eigenvalue weighted by atomic mass is 32.1. The normalized spacial score (nSPS) is 12.5. The van der Waals surface area contributed by atoms with Gasteiger partial charge in [0, 0.05) is 16.2 Å². The fourth-order valence-corrected chi connectivity index (χ4v) is 1.76. The van der Waals surface area contributed by atoms with Crippen LogP contribution in [0.2, 0.25) is 0 Å². The fourth-order valence-electron chi connectivity index (χ4n) is 0.880. The van der Waals surface area contributed by atoms with Gasteiger partial charge in [-0.2, -0.15) is 0 Å². The standard InChI is InChI=1S/C9H11NS/c1-3-4-8(10)9-6-5-7(2)11-9/h1,5-6,8H,4,10H2,2H3. The van der Waals surface area contributed by atoms with Crippen molar-refractivity contribution in [2.24, 2.45) is 5.73 Å². The van der Waals surface area contributed by atoms with Gasteiger partial charge in [0.05, 0.1) is 6.04 Å². The van der Waals surface area contributed by atoms with Gasteiger partial charge in [-0.25, -0.2) is 0 Å². The van der Waals surface area contributed by atoms with Crippen LogP contribution < -0.4 is 5.73 Å². The van der Waals surface area contributed by atoms with E-state index in [0.29, 0.717) is 6.42 Å². The molecule has 0 radical (unpaired) electrons. The Morgan fingerprint density at radius 2 is 2.45 bits per heavy atom. The van der Waals surface area contributed by atoms with E-state index < -0.39 is 0 Å². The number of aryl methyl sites for hydroxylation is 1. The second-order valence-electron chi connectivity index (χ2n) is 2.46.